The molecule has 1 aliphatic carbocycles. The molecule has 1 unspecified atom stereocenters. The van der Waals surface area contributed by atoms with Crippen LogP contribution < -0.4 is 5.32 Å². The molecule has 11 nitrogen and oxygen atoms in total. The summed E-state index contributed by atoms with van der Waals surface area (Å²) < 4.78 is 27.7. The lowest BCUT2D eigenvalue weighted by Crippen LogP contribution is -2.58. The molecule has 0 spiro atoms. The molecule has 1 aromatic carbocycles. The Labute approximate surface area is 213 Å². The SMILES string of the molecule is Cc1ccc([N+](=O)[O-])cc1S(=O)(=O)N1CCN(C(CC2CCCCC2)C(=O)Nc2nccs2)C(=O)C1. The van der Waals surface area contributed by atoms with Crippen molar-refractivity contribution in [1.29, 1.82) is 0 Å². The smallest absolute Gasteiger partial charge is 0.270 e. The van der Waals surface area contributed by atoms with Crippen LogP contribution in [-0.2, 0) is 19.6 Å². The van der Waals surface area contributed by atoms with Gasteiger partial charge in [0.1, 0.15) is 6.04 Å². The first-order valence-electron chi connectivity index (χ1n) is 11.9. The number of sulfonamides is 1. The highest BCUT2D eigenvalue weighted by atomic mass is 32.2. The molecule has 4 rings (SSSR count). The largest absolute Gasteiger partial charge is 0.328 e. The number of nitro benzene ring substituents is 1. The Morgan fingerprint density at radius 2 is 2.03 bits per heavy atom. The van der Waals surface area contributed by atoms with Crippen LogP contribution in [0.3, 0.4) is 0 Å². The summed E-state index contributed by atoms with van der Waals surface area (Å²) in [4.78, 5) is 42.4. The molecule has 0 radical (unpaired) electrons. The second kappa shape index (κ2) is 11.0. The summed E-state index contributed by atoms with van der Waals surface area (Å²) in [5, 5.41) is 16.2. The van der Waals surface area contributed by atoms with E-state index in [4.69, 9.17) is 0 Å². The van der Waals surface area contributed by atoms with E-state index in [0.717, 1.165) is 36.1 Å². The van der Waals surface area contributed by atoms with Crippen LogP contribution in [0.5, 0.6) is 0 Å². The van der Waals surface area contributed by atoms with Crippen LogP contribution in [0.25, 0.3) is 0 Å². The summed E-state index contributed by atoms with van der Waals surface area (Å²) in [6, 6.07) is 2.92. The van der Waals surface area contributed by atoms with Gasteiger partial charge in [-0.25, -0.2) is 13.4 Å². The number of hydrogen-bond donors (Lipinski definition) is 1. The van der Waals surface area contributed by atoms with Crippen molar-refractivity contribution in [2.24, 2.45) is 5.92 Å². The van der Waals surface area contributed by atoms with E-state index in [1.807, 2.05) is 0 Å². The quantitative estimate of drug-likeness (QED) is 0.404. The van der Waals surface area contributed by atoms with E-state index in [2.05, 4.69) is 10.3 Å². The predicted octanol–water partition coefficient (Wildman–Crippen LogP) is 3.17. The zero-order chi connectivity index (χ0) is 25.9. The molecule has 194 valence electrons. The number of carbonyl (C=O) groups excluding carboxylic acids is 2. The number of carbonyl (C=O) groups is 2. The maximum absolute atomic E-state index is 13.3. The Hall–Kier alpha value is -2.90. The van der Waals surface area contributed by atoms with Gasteiger partial charge in [0.05, 0.1) is 16.4 Å². The summed E-state index contributed by atoms with van der Waals surface area (Å²) >= 11 is 1.29. The van der Waals surface area contributed by atoms with Gasteiger partial charge in [0.25, 0.3) is 5.69 Å². The van der Waals surface area contributed by atoms with Crippen LogP contribution in [0, 0.1) is 23.0 Å². The Kier molecular flexibility index (Phi) is 8.00. The lowest BCUT2D eigenvalue weighted by atomic mass is 9.84. The highest BCUT2D eigenvalue weighted by Gasteiger charge is 2.40. The third kappa shape index (κ3) is 5.73. The third-order valence-electron chi connectivity index (χ3n) is 6.85. The Bertz CT molecular complexity index is 1230. The number of aryl methyl sites for hydroxylation is 1. The van der Waals surface area contributed by atoms with Crippen molar-refractivity contribution in [3.63, 3.8) is 0 Å². The fourth-order valence-electron chi connectivity index (χ4n) is 4.91. The Balaban J connectivity index is 1.53. The van der Waals surface area contributed by atoms with E-state index < -0.39 is 33.4 Å². The summed E-state index contributed by atoms with van der Waals surface area (Å²) in [6.07, 6.45) is 7.44. The molecule has 1 aromatic heterocycles. The molecule has 2 amide bonds. The number of rotatable bonds is 8. The molecule has 13 heteroatoms. The number of nitrogens with zero attached hydrogens (tertiary/aromatic N) is 4. The number of aromatic nitrogens is 1. The summed E-state index contributed by atoms with van der Waals surface area (Å²) in [7, 11) is -4.15. The highest BCUT2D eigenvalue weighted by Crippen LogP contribution is 2.31. The van der Waals surface area contributed by atoms with E-state index in [1.165, 1.54) is 34.8 Å². The number of benzene rings is 1. The van der Waals surface area contributed by atoms with Gasteiger partial charge in [-0.05, 0) is 24.8 Å². The van der Waals surface area contributed by atoms with E-state index in [1.54, 1.807) is 18.5 Å². The van der Waals surface area contributed by atoms with Crippen molar-refractivity contribution in [2.75, 3.05) is 25.0 Å². The van der Waals surface area contributed by atoms with Crippen LogP contribution in [0.15, 0.2) is 34.7 Å². The molecule has 2 aliphatic rings. The summed E-state index contributed by atoms with van der Waals surface area (Å²) in [5.74, 6) is -0.481. The number of anilines is 1. The second-order valence-electron chi connectivity index (χ2n) is 9.21. The minimum absolute atomic E-state index is 0.0120. The first kappa shape index (κ1) is 26.2. The number of amides is 2. The first-order chi connectivity index (χ1) is 17.2. The van der Waals surface area contributed by atoms with Gasteiger partial charge in [0.2, 0.25) is 21.8 Å². The van der Waals surface area contributed by atoms with Gasteiger partial charge in [0, 0.05) is 36.8 Å². The van der Waals surface area contributed by atoms with E-state index in [-0.39, 0.29) is 29.6 Å². The minimum Gasteiger partial charge on any atom is -0.328 e. The zero-order valence-corrected chi connectivity index (χ0v) is 21.6. The third-order valence-corrected chi connectivity index (χ3v) is 9.52. The fourth-order valence-corrected chi connectivity index (χ4v) is 7.06. The molecule has 0 bridgehead atoms. The van der Waals surface area contributed by atoms with Gasteiger partial charge >= 0.3 is 0 Å². The molecule has 1 aliphatic heterocycles. The van der Waals surface area contributed by atoms with Crippen LogP contribution in [0.1, 0.15) is 44.1 Å². The Morgan fingerprint density at radius 3 is 2.67 bits per heavy atom. The molecular formula is C23H29N5O6S2. The van der Waals surface area contributed by atoms with E-state index >= 15 is 0 Å². The van der Waals surface area contributed by atoms with E-state index in [0.29, 0.717) is 23.0 Å². The molecule has 2 fully saturated rings. The monoisotopic (exact) mass is 535 g/mol. The van der Waals surface area contributed by atoms with Crippen LogP contribution in [-0.4, -0.2) is 65.0 Å². The molecule has 1 saturated carbocycles. The number of hydrogen-bond acceptors (Lipinski definition) is 8. The maximum Gasteiger partial charge on any atom is 0.270 e. The molecule has 2 aromatic rings. The van der Waals surface area contributed by atoms with Crippen LogP contribution >= 0.6 is 11.3 Å². The van der Waals surface area contributed by atoms with Crippen molar-refractivity contribution in [3.8, 4) is 0 Å². The average molecular weight is 536 g/mol. The molecule has 2 heterocycles. The zero-order valence-electron chi connectivity index (χ0n) is 20.0. The van der Waals surface area contributed by atoms with Crippen molar-refractivity contribution >= 4 is 44.0 Å². The first-order valence-corrected chi connectivity index (χ1v) is 14.2. The van der Waals surface area contributed by atoms with Gasteiger partial charge in [-0.1, -0.05) is 38.2 Å². The number of nitro groups is 1. The maximum atomic E-state index is 13.3. The van der Waals surface area contributed by atoms with Crippen molar-refractivity contribution in [3.05, 3.63) is 45.5 Å². The van der Waals surface area contributed by atoms with Crippen LogP contribution in [0.4, 0.5) is 10.8 Å². The topological polar surface area (TPSA) is 143 Å². The summed E-state index contributed by atoms with van der Waals surface area (Å²) in [6.45, 7) is 1.16. The predicted molar refractivity (Wildman–Crippen MR) is 134 cm³/mol. The fraction of sp³-hybridized carbons (Fsp3) is 0.522. The van der Waals surface area contributed by atoms with Gasteiger partial charge in [-0.3, -0.25) is 19.7 Å². The Morgan fingerprint density at radius 1 is 1.28 bits per heavy atom. The van der Waals surface area contributed by atoms with Gasteiger partial charge in [-0.15, -0.1) is 11.3 Å². The second-order valence-corrected chi connectivity index (χ2v) is 12.0. The molecule has 1 atom stereocenters. The molecule has 1 saturated heterocycles. The van der Waals surface area contributed by atoms with Crippen molar-refractivity contribution < 1.29 is 22.9 Å². The molecule has 1 N–H and O–H groups in total. The number of piperazine rings is 1. The lowest BCUT2D eigenvalue weighted by molar-refractivity contribution is -0.385. The van der Waals surface area contributed by atoms with E-state index in [9.17, 15) is 28.1 Å². The standard InChI is InChI=1S/C23H29N5O6S2/c1-16-7-8-18(28(31)32)14-20(16)36(33,34)26-10-11-27(21(29)15-26)19(13-17-5-3-2-4-6-17)22(30)25-23-24-9-12-35-23/h7-9,12,14,17,19H,2-6,10-11,13,15H2,1H3,(H,24,25,30). The van der Waals surface area contributed by atoms with Gasteiger partial charge in [-0.2, -0.15) is 4.31 Å². The average Bonchev–Trinajstić information content (AvgIpc) is 3.36. The van der Waals surface area contributed by atoms with Gasteiger partial charge < -0.3 is 10.2 Å². The molecular weight excluding hydrogens is 506 g/mol. The van der Waals surface area contributed by atoms with Gasteiger partial charge in [0.15, 0.2) is 5.13 Å². The van der Waals surface area contributed by atoms with Crippen LogP contribution in [0.2, 0.25) is 0 Å². The van der Waals surface area contributed by atoms with Crippen molar-refractivity contribution in [2.45, 2.75) is 56.4 Å². The number of non-ortho nitro benzene ring substituents is 1. The number of thiazole rings is 1. The van der Waals surface area contributed by atoms with Crippen molar-refractivity contribution in [1.82, 2.24) is 14.2 Å². The highest BCUT2D eigenvalue weighted by molar-refractivity contribution is 7.89. The molecule has 36 heavy (non-hydrogen) atoms. The summed E-state index contributed by atoms with van der Waals surface area (Å²) in [5.41, 5.74) is 0.0176. The lowest BCUT2D eigenvalue weighted by Gasteiger charge is -2.39. The number of nitrogens with one attached hydrogen (secondary N) is 1. The minimum atomic E-state index is -4.15. The normalized spacial score (nSPS) is 18.7.